The molecule has 2 heteroatoms. The van der Waals surface area contributed by atoms with Gasteiger partial charge in [-0.15, -0.1) is 0 Å². The van der Waals surface area contributed by atoms with Gasteiger partial charge in [0.25, 0.3) is 0 Å². The van der Waals surface area contributed by atoms with Gasteiger partial charge in [-0.05, 0) is 42.2 Å². The van der Waals surface area contributed by atoms with Crippen molar-refractivity contribution in [2.45, 2.75) is 62.3 Å². The summed E-state index contributed by atoms with van der Waals surface area (Å²) in [6.45, 7) is 3.20. The molecule has 1 saturated carbocycles. The van der Waals surface area contributed by atoms with Crippen molar-refractivity contribution in [2.75, 3.05) is 6.61 Å². The van der Waals surface area contributed by atoms with Crippen molar-refractivity contribution in [3.8, 4) is 0 Å². The van der Waals surface area contributed by atoms with Crippen LogP contribution >= 0.6 is 15.9 Å². The van der Waals surface area contributed by atoms with Gasteiger partial charge < -0.3 is 4.74 Å². The zero-order valence-corrected chi connectivity index (χ0v) is 13.9. The van der Waals surface area contributed by atoms with Crippen LogP contribution in [0.25, 0.3) is 0 Å². The fourth-order valence-electron chi connectivity index (χ4n) is 3.67. The minimum absolute atomic E-state index is 0.329. The number of rotatable bonds is 3. The Morgan fingerprint density at radius 1 is 1.05 bits per heavy atom. The Morgan fingerprint density at radius 2 is 1.75 bits per heavy atom. The first-order chi connectivity index (χ1) is 9.75. The van der Waals surface area contributed by atoms with Crippen molar-refractivity contribution in [1.29, 1.82) is 0 Å². The first-order valence-electron chi connectivity index (χ1n) is 8.11. The fraction of sp³-hybridized carbons (Fsp3) is 0.667. The van der Waals surface area contributed by atoms with Crippen LogP contribution in [0.1, 0.15) is 67.3 Å². The van der Waals surface area contributed by atoms with E-state index in [0.717, 1.165) is 12.5 Å². The van der Waals surface area contributed by atoms with Crippen LogP contribution in [-0.4, -0.2) is 12.7 Å². The van der Waals surface area contributed by atoms with Crippen LogP contribution < -0.4 is 0 Å². The van der Waals surface area contributed by atoms with Crippen LogP contribution in [0.2, 0.25) is 0 Å². The summed E-state index contributed by atoms with van der Waals surface area (Å²) in [4.78, 5) is 0.334. The van der Waals surface area contributed by atoms with E-state index in [1.54, 1.807) is 0 Å². The molecule has 1 aliphatic heterocycles. The molecule has 3 atom stereocenters. The summed E-state index contributed by atoms with van der Waals surface area (Å²) in [5.41, 5.74) is 2.90. The van der Waals surface area contributed by atoms with Crippen molar-refractivity contribution in [3.63, 3.8) is 0 Å². The number of halogens is 1. The van der Waals surface area contributed by atoms with Gasteiger partial charge in [0.1, 0.15) is 0 Å². The third-order valence-corrected chi connectivity index (χ3v) is 6.11. The second-order valence-corrected chi connectivity index (χ2v) is 7.49. The summed E-state index contributed by atoms with van der Waals surface area (Å²) >= 11 is 3.85. The van der Waals surface area contributed by atoms with E-state index >= 15 is 0 Å². The Kier molecular flexibility index (Phi) is 4.83. The predicted octanol–water partition coefficient (Wildman–Crippen LogP) is 5.60. The molecule has 110 valence electrons. The molecule has 2 aliphatic rings. The number of hydrogen-bond donors (Lipinski definition) is 0. The molecule has 0 amide bonds. The highest BCUT2D eigenvalue weighted by Crippen LogP contribution is 2.38. The van der Waals surface area contributed by atoms with Crippen LogP contribution in [0.5, 0.6) is 0 Å². The topological polar surface area (TPSA) is 9.23 Å². The molecule has 1 aromatic carbocycles. The fourth-order valence-corrected chi connectivity index (χ4v) is 4.65. The van der Waals surface area contributed by atoms with Gasteiger partial charge in [-0.3, -0.25) is 0 Å². The Labute approximate surface area is 131 Å². The molecule has 1 aromatic rings. The number of ether oxygens (including phenoxy) is 1. The average Bonchev–Trinajstić information content (AvgIpc) is 2.94. The lowest BCUT2D eigenvalue weighted by atomic mass is 9.83. The number of alkyl halides is 1. The van der Waals surface area contributed by atoms with Gasteiger partial charge >= 0.3 is 0 Å². The molecule has 1 nitrogen and oxygen atoms in total. The lowest BCUT2D eigenvalue weighted by Crippen LogP contribution is -2.19. The molecule has 3 unspecified atom stereocenters. The third-order valence-electron chi connectivity index (χ3n) is 5.06. The van der Waals surface area contributed by atoms with E-state index in [-0.39, 0.29) is 0 Å². The lowest BCUT2D eigenvalue weighted by Gasteiger charge is -2.24. The maximum absolute atomic E-state index is 5.88. The number of hydrogen-bond acceptors (Lipinski definition) is 1. The molecular weight excluding hydrogens is 312 g/mol. The van der Waals surface area contributed by atoms with E-state index < -0.39 is 0 Å². The maximum atomic E-state index is 5.88. The van der Waals surface area contributed by atoms with E-state index in [1.807, 2.05) is 0 Å². The maximum Gasteiger partial charge on any atom is 0.0767 e. The molecule has 0 N–H and O–H groups in total. The van der Waals surface area contributed by atoms with E-state index in [1.165, 1.54) is 49.7 Å². The molecule has 3 rings (SSSR count). The first kappa shape index (κ1) is 14.6. The van der Waals surface area contributed by atoms with Crippen molar-refractivity contribution in [3.05, 3.63) is 35.4 Å². The van der Waals surface area contributed by atoms with Crippen molar-refractivity contribution < 1.29 is 4.74 Å². The first-order valence-corrected chi connectivity index (χ1v) is 9.03. The Morgan fingerprint density at radius 3 is 2.35 bits per heavy atom. The van der Waals surface area contributed by atoms with Crippen molar-refractivity contribution in [1.82, 2.24) is 0 Å². The average molecular weight is 337 g/mol. The Balaban J connectivity index is 1.68. The van der Waals surface area contributed by atoms with Crippen LogP contribution in [0, 0.1) is 5.92 Å². The SMILES string of the molecule is CC1CCOC1C(Br)c1ccc(C2CCCCC2)cc1. The Hall–Kier alpha value is -0.340. The summed E-state index contributed by atoms with van der Waals surface area (Å²) in [5, 5.41) is 0. The molecule has 1 saturated heterocycles. The predicted molar refractivity (Wildman–Crippen MR) is 87.5 cm³/mol. The van der Waals surface area contributed by atoms with Gasteiger partial charge in [-0.2, -0.15) is 0 Å². The summed E-state index contributed by atoms with van der Waals surface area (Å²) in [6, 6.07) is 9.30. The van der Waals surface area contributed by atoms with Gasteiger partial charge in [0.15, 0.2) is 0 Å². The highest BCUT2D eigenvalue weighted by atomic mass is 79.9. The number of benzene rings is 1. The van der Waals surface area contributed by atoms with Crippen molar-refractivity contribution >= 4 is 15.9 Å². The molecule has 1 aliphatic carbocycles. The lowest BCUT2D eigenvalue weighted by molar-refractivity contribution is 0.0935. The van der Waals surface area contributed by atoms with Crippen LogP contribution in [0.3, 0.4) is 0 Å². The molecule has 0 radical (unpaired) electrons. The van der Waals surface area contributed by atoms with Gasteiger partial charge in [-0.1, -0.05) is 66.4 Å². The zero-order chi connectivity index (χ0) is 13.9. The van der Waals surface area contributed by atoms with Gasteiger partial charge in [-0.25, -0.2) is 0 Å². The summed E-state index contributed by atoms with van der Waals surface area (Å²) < 4.78 is 5.88. The minimum Gasteiger partial charge on any atom is -0.376 e. The van der Waals surface area contributed by atoms with Crippen LogP contribution in [-0.2, 0) is 4.74 Å². The largest absolute Gasteiger partial charge is 0.376 e. The van der Waals surface area contributed by atoms with Gasteiger partial charge in [0, 0.05) is 6.61 Å². The summed E-state index contributed by atoms with van der Waals surface area (Å²) in [7, 11) is 0. The highest BCUT2D eigenvalue weighted by Gasteiger charge is 2.31. The molecule has 0 spiro atoms. The van der Waals surface area contributed by atoms with Crippen LogP contribution in [0.4, 0.5) is 0 Å². The smallest absolute Gasteiger partial charge is 0.0767 e. The molecule has 2 fully saturated rings. The van der Waals surface area contributed by atoms with Gasteiger partial charge in [0.2, 0.25) is 0 Å². The molecule has 20 heavy (non-hydrogen) atoms. The Bertz CT molecular complexity index is 422. The summed E-state index contributed by atoms with van der Waals surface area (Å²) in [6.07, 6.45) is 8.50. The van der Waals surface area contributed by atoms with E-state index in [9.17, 15) is 0 Å². The molecule has 0 bridgehead atoms. The normalized spacial score (nSPS) is 29.5. The summed E-state index contributed by atoms with van der Waals surface area (Å²) in [5.74, 6) is 1.45. The standard InChI is InChI=1S/C18H25BrO/c1-13-11-12-20-18(13)17(19)16-9-7-15(8-10-16)14-5-3-2-4-6-14/h7-10,13-14,17-18H,2-6,11-12H2,1H3. The van der Waals surface area contributed by atoms with E-state index in [0.29, 0.717) is 16.8 Å². The highest BCUT2D eigenvalue weighted by molar-refractivity contribution is 9.09. The minimum atomic E-state index is 0.329. The zero-order valence-electron chi connectivity index (χ0n) is 12.4. The molecule has 0 aromatic heterocycles. The van der Waals surface area contributed by atoms with Crippen LogP contribution in [0.15, 0.2) is 24.3 Å². The van der Waals surface area contributed by atoms with E-state index in [4.69, 9.17) is 4.74 Å². The van der Waals surface area contributed by atoms with Gasteiger partial charge in [0.05, 0.1) is 10.9 Å². The second kappa shape index (κ2) is 6.62. The van der Waals surface area contributed by atoms with E-state index in [2.05, 4.69) is 47.1 Å². The second-order valence-electron chi connectivity index (χ2n) is 6.50. The quantitative estimate of drug-likeness (QED) is 0.653. The monoisotopic (exact) mass is 336 g/mol. The third kappa shape index (κ3) is 3.12. The molecular formula is C18H25BrO. The molecule has 1 heterocycles. The van der Waals surface area contributed by atoms with Crippen molar-refractivity contribution in [2.24, 2.45) is 5.92 Å².